The lowest BCUT2D eigenvalue weighted by Gasteiger charge is -2.13. The second-order valence-electron chi connectivity index (χ2n) is 6.21. The predicted octanol–water partition coefficient (Wildman–Crippen LogP) is 4.16. The van der Waals surface area contributed by atoms with Gasteiger partial charge in [0.15, 0.2) is 0 Å². The first-order chi connectivity index (χ1) is 11.1. The van der Waals surface area contributed by atoms with Gasteiger partial charge in [0.25, 0.3) is 0 Å². The van der Waals surface area contributed by atoms with E-state index in [2.05, 4.69) is 17.6 Å². The van der Waals surface area contributed by atoms with Gasteiger partial charge < -0.3 is 15.4 Å². The van der Waals surface area contributed by atoms with Crippen LogP contribution in [-0.4, -0.2) is 31.7 Å². The van der Waals surface area contributed by atoms with Gasteiger partial charge in [0.1, 0.15) is 6.10 Å². The van der Waals surface area contributed by atoms with E-state index in [1.807, 2.05) is 6.92 Å². The topological polar surface area (TPSA) is 67.4 Å². The summed E-state index contributed by atoms with van der Waals surface area (Å²) in [6.45, 7) is 4.10. The van der Waals surface area contributed by atoms with E-state index in [0.717, 1.165) is 12.8 Å². The molecule has 0 radical (unpaired) electrons. The molecule has 0 fully saturated rings. The molecule has 5 nitrogen and oxygen atoms in total. The average Bonchev–Trinajstić information content (AvgIpc) is 2.54. The monoisotopic (exact) mass is 328 g/mol. The van der Waals surface area contributed by atoms with Gasteiger partial charge in [0, 0.05) is 7.05 Å². The zero-order chi connectivity index (χ0) is 17.3. The number of nitrogens with one attached hydrogen (secondary N) is 2. The van der Waals surface area contributed by atoms with Crippen LogP contribution in [0, 0.1) is 0 Å². The molecular weight excluding hydrogens is 292 g/mol. The Morgan fingerprint density at radius 3 is 1.96 bits per heavy atom. The molecule has 0 aliphatic rings. The van der Waals surface area contributed by atoms with E-state index in [0.29, 0.717) is 0 Å². The summed E-state index contributed by atoms with van der Waals surface area (Å²) in [4.78, 5) is 22.4. The summed E-state index contributed by atoms with van der Waals surface area (Å²) in [5, 5.41) is 4.87. The Morgan fingerprint density at radius 1 is 0.913 bits per heavy atom. The van der Waals surface area contributed by atoms with Crippen molar-refractivity contribution in [2.24, 2.45) is 0 Å². The molecule has 0 heterocycles. The van der Waals surface area contributed by atoms with E-state index in [9.17, 15) is 9.59 Å². The second-order valence-corrected chi connectivity index (χ2v) is 6.21. The normalized spacial score (nSPS) is 11.8. The molecule has 0 saturated carbocycles. The molecule has 1 atom stereocenters. The van der Waals surface area contributed by atoms with Gasteiger partial charge in [-0.3, -0.25) is 4.79 Å². The summed E-state index contributed by atoms with van der Waals surface area (Å²) in [5.41, 5.74) is 0. The van der Waals surface area contributed by atoms with Crippen LogP contribution in [0.2, 0.25) is 0 Å². The fourth-order valence-electron chi connectivity index (χ4n) is 2.44. The number of alkyl carbamates (subject to hydrolysis) is 1. The van der Waals surface area contributed by atoms with Gasteiger partial charge >= 0.3 is 6.09 Å². The van der Waals surface area contributed by atoms with Crippen LogP contribution in [0.5, 0.6) is 0 Å². The lowest BCUT2D eigenvalue weighted by atomic mass is 10.1. The molecule has 0 aromatic rings. The van der Waals surface area contributed by atoms with Gasteiger partial charge in [-0.15, -0.1) is 0 Å². The Kier molecular flexibility index (Phi) is 14.8. The molecule has 0 saturated heterocycles. The lowest BCUT2D eigenvalue weighted by Crippen LogP contribution is -2.36. The first-order valence-electron chi connectivity index (χ1n) is 9.25. The molecule has 0 rings (SSSR count). The third-order valence-electron chi connectivity index (χ3n) is 3.94. The zero-order valence-corrected chi connectivity index (χ0v) is 15.3. The highest BCUT2D eigenvalue weighted by Gasteiger charge is 2.09. The van der Waals surface area contributed by atoms with Gasteiger partial charge in [-0.1, -0.05) is 64.7 Å². The number of ether oxygens (including phenoxy) is 1. The molecule has 0 aliphatic carbocycles. The largest absolute Gasteiger partial charge is 0.447 e. The van der Waals surface area contributed by atoms with Crippen molar-refractivity contribution in [3.63, 3.8) is 0 Å². The summed E-state index contributed by atoms with van der Waals surface area (Å²) in [7, 11) is 1.53. The van der Waals surface area contributed by atoms with E-state index < -0.39 is 6.09 Å². The standard InChI is InChI=1S/C18H36N2O3/c1-4-5-6-7-8-9-10-11-12-13-14-16(2)23-18(22)20-15-17(21)19-3/h16H,4-15H2,1-3H3,(H,19,21)(H,20,22). The van der Waals surface area contributed by atoms with Gasteiger partial charge in [-0.2, -0.15) is 0 Å². The van der Waals surface area contributed by atoms with Crippen LogP contribution in [0.1, 0.15) is 84.5 Å². The number of hydrogen-bond acceptors (Lipinski definition) is 3. The molecule has 2 N–H and O–H groups in total. The van der Waals surface area contributed by atoms with Crippen molar-refractivity contribution in [1.82, 2.24) is 10.6 Å². The number of rotatable bonds is 14. The Balaban J connectivity index is 3.37. The van der Waals surface area contributed by atoms with E-state index in [4.69, 9.17) is 4.74 Å². The van der Waals surface area contributed by atoms with Crippen molar-refractivity contribution in [3.05, 3.63) is 0 Å². The molecule has 0 spiro atoms. The van der Waals surface area contributed by atoms with Crippen molar-refractivity contribution < 1.29 is 14.3 Å². The predicted molar refractivity (Wildman–Crippen MR) is 94.5 cm³/mol. The highest BCUT2D eigenvalue weighted by atomic mass is 16.6. The first kappa shape index (κ1) is 21.7. The lowest BCUT2D eigenvalue weighted by molar-refractivity contribution is -0.119. The molecule has 23 heavy (non-hydrogen) atoms. The van der Waals surface area contributed by atoms with Crippen molar-refractivity contribution in [1.29, 1.82) is 0 Å². The number of likely N-dealkylation sites (N-methyl/N-ethyl adjacent to an activating group) is 1. The van der Waals surface area contributed by atoms with Crippen molar-refractivity contribution in [2.45, 2.75) is 90.6 Å². The third kappa shape index (κ3) is 15.4. The van der Waals surface area contributed by atoms with Crippen LogP contribution in [0.4, 0.5) is 4.79 Å². The molecule has 5 heteroatoms. The molecule has 1 unspecified atom stereocenters. The molecular formula is C18H36N2O3. The van der Waals surface area contributed by atoms with Crippen LogP contribution < -0.4 is 10.6 Å². The molecule has 0 bridgehead atoms. The number of unbranched alkanes of at least 4 members (excludes halogenated alkanes) is 9. The Bertz CT molecular complexity index is 309. The SMILES string of the molecule is CCCCCCCCCCCCC(C)OC(=O)NCC(=O)NC. The van der Waals surface area contributed by atoms with Crippen LogP contribution in [0.15, 0.2) is 0 Å². The van der Waals surface area contributed by atoms with Gasteiger partial charge in [-0.05, 0) is 19.8 Å². The van der Waals surface area contributed by atoms with E-state index in [1.54, 1.807) is 0 Å². The number of carbonyl (C=O) groups excluding carboxylic acids is 2. The average molecular weight is 328 g/mol. The smallest absolute Gasteiger partial charge is 0.407 e. The van der Waals surface area contributed by atoms with E-state index in [1.165, 1.54) is 64.8 Å². The van der Waals surface area contributed by atoms with Crippen LogP contribution in [0.25, 0.3) is 0 Å². The summed E-state index contributed by atoms with van der Waals surface area (Å²) < 4.78 is 5.20. The molecule has 0 aromatic heterocycles. The van der Waals surface area contributed by atoms with Crippen molar-refractivity contribution >= 4 is 12.0 Å². The number of amides is 2. The molecule has 0 aromatic carbocycles. The Hall–Kier alpha value is -1.26. The summed E-state index contributed by atoms with van der Waals surface area (Å²) >= 11 is 0. The fraction of sp³-hybridized carbons (Fsp3) is 0.889. The van der Waals surface area contributed by atoms with Crippen molar-refractivity contribution in [2.75, 3.05) is 13.6 Å². The van der Waals surface area contributed by atoms with E-state index in [-0.39, 0.29) is 18.6 Å². The highest BCUT2D eigenvalue weighted by Crippen LogP contribution is 2.12. The summed E-state index contributed by atoms with van der Waals surface area (Å²) in [6, 6.07) is 0. The minimum absolute atomic E-state index is 0.0414. The minimum Gasteiger partial charge on any atom is -0.447 e. The third-order valence-corrected chi connectivity index (χ3v) is 3.94. The van der Waals surface area contributed by atoms with Gasteiger partial charge in [0.05, 0.1) is 6.54 Å². The summed E-state index contributed by atoms with van der Waals surface area (Å²) in [5.74, 6) is -0.232. The maximum Gasteiger partial charge on any atom is 0.407 e. The van der Waals surface area contributed by atoms with Crippen LogP contribution in [0.3, 0.4) is 0 Å². The maximum absolute atomic E-state index is 11.4. The zero-order valence-electron chi connectivity index (χ0n) is 15.3. The quantitative estimate of drug-likeness (QED) is 0.471. The minimum atomic E-state index is -0.520. The maximum atomic E-state index is 11.4. The highest BCUT2D eigenvalue weighted by molar-refractivity contribution is 5.81. The fourth-order valence-corrected chi connectivity index (χ4v) is 2.44. The molecule has 136 valence electrons. The Morgan fingerprint density at radius 2 is 1.43 bits per heavy atom. The molecule has 0 aliphatic heterocycles. The van der Waals surface area contributed by atoms with Crippen LogP contribution >= 0.6 is 0 Å². The number of hydrogen-bond donors (Lipinski definition) is 2. The molecule has 2 amide bonds. The summed E-state index contributed by atoms with van der Waals surface area (Å²) in [6.07, 6.45) is 13.3. The van der Waals surface area contributed by atoms with Gasteiger partial charge in [0.2, 0.25) is 5.91 Å². The second kappa shape index (κ2) is 15.6. The van der Waals surface area contributed by atoms with E-state index >= 15 is 0 Å². The number of carbonyl (C=O) groups is 2. The van der Waals surface area contributed by atoms with Crippen molar-refractivity contribution in [3.8, 4) is 0 Å². The van der Waals surface area contributed by atoms with Gasteiger partial charge in [-0.25, -0.2) is 4.79 Å². The Labute approximate surface area is 141 Å². The first-order valence-corrected chi connectivity index (χ1v) is 9.25. The van der Waals surface area contributed by atoms with Crippen LogP contribution in [-0.2, 0) is 9.53 Å².